The number of aliphatic hydroxyl groups excluding tert-OH is 2. The Hall–Kier alpha value is -2.79. The molecule has 0 unspecified atom stereocenters. The standard InChI is InChI=1S/C23H28F2N4O4/c24-15-6-7-18(17(25)12-15)27-23(32)26-13-19-21(22(31)20(14-30)33-19)29-10-8-28(9-11-29)16-4-2-1-3-5-16/h1-7,12,19-22,30-31H,8-11,13-14H2,(H2,26,27,32)/t19-,20+,21-,22-/m1/s1. The Kier molecular flexibility index (Phi) is 7.39. The molecule has 4 atom stereocenters. The third-order valence-electron chi connectivity index (χ3n) is 6.14. The quantitative estimate of drug-likeness (QED) is 0.518. The van der Waals surface area contributed by atoms with Crippen LogP contribution < -0.4 is 15.5 Å². The average Bonchev–Trinajstić information content (AvgIpc) is 3.15. The second-order valence-electron chi connectivity index (χ2n) is 8.19. The fraction of sp³-hybridized carbons (Fsp3) is 0.435. The Labute approximate surface area is 190 Å². The summed E-state index contributed by atoms with van der Waals surface area (Å²) in [5.74, 6) is -1.62. The van der Waals surface area contributed by atoms with E-state index in [9.17, 15) is 23.8 Å². The fourth-order valence-electron chi connectivity index (χ4n) is 4.46. The zero-order valence-electron chi connectivity index (χ0n) is 18.0. The highest BCUT2D eigenvalue weighted by molar-refractivity contribution is 5.89. The molecule has 2 aliphatic rings. The Balaban J connectivity index is 1.36. The number of hydrogen-bond donors (Lipinski definition) is 4. The summed E-state index contributed by atoms with van der Waals surface area (Å²) < 4.78 is 32.6. The SMILES string of the molecule is O=C(NC[C@H]1O[C@@H](CO)[C@@H](O)[C@@H]1N1CCN(c2ccccc2)CC1)Nc1ccc(F)cc1F. The topological polar surface area (TPSA) is 97.3 Å². The summed E-state index contributed by atoms with van der Waals surface area (Å²) in [4.78, 5) is 16.6. The monoisotopic (exact) mass is 462 g/mol. The fourth-order valence-corrected chi connectivity index (χ4v) is 4.46. The predicted molar refractivity (Wildman–Crippen MR) is 119 cm³/mol. The van der Waals surface area contributed by atoms with Gasteiger partial charge in [-0.2, -0.15) is 0 Å². The number of rotatable bonds is 6. The molecule has 10 heteroatoms. The minimum absolute atomic E-state index is 0.0474. The van der Waals surface area contributed by atoms with Crippen molar-refractivity contribution in [2.45, 2.75) is 24.4 Å². The zero-order chi connectivity index (χ0) is 23.4. The van der Waals surface area contributed by atoms with Crippen LogP contribution in [0.5, 0.6) is 0 Å². The number of urea groups is 1. The number of hydrogen-bond acceptors (Lipinski definition) is 6. The summed E-state index contributed by atoms with van der Waals surface area (Å²) in [6, 6.07) is 11.8. The molecule has 0 aliphatic carbocycles. The molecule has 2 fully saturated rings. The highest BCUT2D eigenvalue weighted by Gasteiger charge is 2.46. The molecule has 8 nitrogen and oxygen atoms in total. The molecule has 0 bridgehead atoms. The number of halogens is 2. The van der Waals surface area contributed by atoms with Gasteiger partial charge in [-0.1, -0.05) is 18.2 Å². The number of carbonyl (C=O) groups is 1. The molecule has 2 aromatic rings. The molecule has 4 rings (SSSR count). The number of nitrogens with one attached hydrogen (secondary N) is 2. The molecule has 2 heterocycles. The van der Waals surface area contributed by atoms with Gasteiger partial charge in [-0.15, -0.1) is 0 Å². The minimum Gasteiger partial charge on any atom is -0.394 e. The van der Waals surface area contributed by atoms with E-state index in [0.29, 0.717) is 19.2 Å². The molecule has 2 aromatic carbocycles. The predicted octanol–water partition coefficient (Wildman–Crippen LogP) is 1.40. The second-order valence-corrected chi connectivity index (χ2v) is 8.19. The molecular weight excluding hydrogens is 434 g/mol. The van der Waals surface area contributed by atoms with Gasteiger partial charge < -0.3 is 30.5 Å². The van der Waals surface area contributed by atoms with Crippen molar-refractivity contribution in [1.82, 2.24) is 10.2 Å². The molecule has 2 amide bonds. The highest BCUT2D eigenvalue weighted by atomic mass is 19.1. The van der Waals surface area contributed by atoms with Crippen LogP contribution in [-0.4, -0.2) is 84.8 Å². The van der Waals surface area contributed by atoms with E-state index in [0.717, 1.165) is 30.9 Å². The van der Waals surface area contributed by atoms with Crippen LogP contribution in [0.25, 0.3) is 0 Å². The van der Waals surface area contributed by atoms with Gasteiger partial charge in [-0.3, -0.25) is 4.90 Å². The van der Waals surface area contributed by atoms with Gasteiger partial charge in [0.1, 0.15) is 23.8 Å². The number of ether oxygens (including phenoxy) is 1. The van der Waals surface area contributed by atoms with Crippen LogP contribution in [0.2, 0.25) is 0 Å². The van der Waals surface area contributed by atoms with E-state index in [1.807, 2.05) is 18.2 Å². The lowest BCUT2D eigenvalue weighted by Gasteiger charge is -2.41. The second kappa shape index (κ2) is 10.4. The van der Waals surface area contributed by atoms with Crippen LogP contribution in [0, 0.1) is 11.6 Å². The molecule has 0 radical (unpaired) electrons. The average molecular weight is 462 g/mol. The Morgan fingerprint density at radius 1 is 1.06 bits per heavy atom. The Morgan fingerprint density at radius 3 is 2.45 bits per heavy atom. The minimum atomic E-state index is -0.914. The van der Waals surface area contributed by atoms with Crippen molar-refractivity contribution >= 4 is 17.4 Å². The van der Waals surface area contributed by atoms with Crippen LogP contribution in [0.4, 0.5) is 25.0 Å². The van der Waals surface area contributed by atoms with Crippen molar-refractivity contribution in [3.8, 4) is 0 Å². The largest absolute Gasteiger partial charge is 0.394 e. The van der Waals surface area contributed by atoms with E-state index in [1.165, 1.54) is 0 Å². The molecule has 2 saturated heterocycles. The Bertz CT molecular complexity index is 943. The van der Waals surface area contributed by atoms with Crippen LogP contribution in [0.3, 0.4) is 0 Å². The van der Waals surface area contributed by atoms with Gasteiger partial charge in [-0.05, 0) is 24.3 Å². The van der Waals surface area contributed by atoms with E-state index in [4.69, 9.17) is 4.74 Å². The lowest BCUT2D eigenvalue weighted by Crippen LogP contribution is -2.57. The maximum absolute atomic E-state index is 13.8. The third kappa shape index (κ3) is 5.41. The van der Waals surface area contributed by atoms with Crippen LogP contribution >= 0.6 is 0 Å². The van der Waals surface area contributed by atoms with Gasteiger partial charge in [0.05, 0.1) is 24.4 Å². The van der Waals surface area contributed by atoms with Crippen LogP contribution in [0.1, 0.15) is 0 Å². The molecule has 0 spiro atoms. The summed E-state index contributed by atoms with van der Waals surface area (Å²) in [7, 11) is 0. The molecule has 178 valence electrons. The summed E-state index contributed by atoms with van der Waals surface area (Å²) in [6.45, 7) is 2.60. The number of piperazine rings is 1. The van der Waals surface area contributed by atoms with E-state index < -0.39 is 42.0 Å². The highest BCUT2D eigenvalue weighted by Crippen LogP contribution is 2.27. The number of aliphatic hydroxyl groups is 2. The van der Waals surface area contributed by atoms with Crippen molar-refractivity contribution in [3.63, 3.8) is 0 Å². The smallest absolute Gasteiger partial charge is 0.319 e. The Morgan fingerprint density at radius 2 is 1.79 bits per heavy atom. The first-order valence-electron chi connectivity index (χ1n) is 10.9. The normalized spacial score (nSPS) is 25.8. The van der Waals surface area contributed by atoms with Crippen LogP contribution in [-0.2, 0) is 4.74 Å². The van der Waals surface area contributed by atoms with E-state index in [2.05, 4.69) is 32.6 Å². The number of nitrogens with zero attached hydrogens (tertiary/aromatic N) is 2. The number of anilines is 2. The first-order chi connectivity index (χ1) is 16.0. The number of amides is 2. The number of benzene rings is 2. The van der Waals surface area contributed by atoms with E-state index in [1.54, 1.807) is 0 Å². The van der Waals surface area contributed by atoms with E-state index in [-0.39, 0.29) is 18.8 Å². The summed E-state index contributed by atoms with van der Waals surface area (Å²) in [5.41, 5.74) is 0.986. The van der Waals surface area contributed by atoms with Gasteiger partial charge >= 0.3 is 6.03 Å². The molecule has 0 aromatic heterocycles. The summed E-state index contributed by atoms with van der Waals surface area (Å²) >= 11 is 0. The summed E-state index contributed by atoms with van der Waals surface area (Å²) in [6.07, 6.45) is -2.24. The van der Waals surface area contributed by atoms with Gasteiger partial charge in [0.2, 0.25) is 0 Å². The first kappa shape index (κ1) is 23.4. The zero-order valence-corrected chi connectivity index (χ0v) is 18.0. The van der Waals surface area contributed by atoms with Crippen molar-refractivity contribution in [3.05, 3.63) is 60.2 Å². The first-order valence-corrected chi connectivity index (χ1v) is 10.9. The number of para-hydroxylation sites is 1. The molecule has 33 heavy (non-hydrogen) atoms. The van der Waals surface area contributed by atoms with Gasteiger partial charge in [0.25, 0.3) is 0 Å². The van der Waals surface area contributed by atoms with Gasteiger partial charge in [0, 0.05) is 44.5 Å². The van der Waals surface area contributed by atoms with E-state index >= 15 is 0 Å². The molecule has 0 saturated carbocycles. The van der Waals surface area contributed by atoms with Gasteiger partial charge in [0.15, 0.2) is 0 Å². The van der Waals surface area contributed by atoms with Crippen molar-refractivity contribution in [2.75, 3.05) is 49.5 Å². The van der Waals surface area contributed by atoms with Crippen LogP contribution in [0.15, 0.2) is 48.5 Å². The number of carbonyl (C=O) groups excluding carboxylic acids is 1. The molecular formula is C23H28F2N4O4. The maximum atomic E-state index is 13.8. The maximum Gasteiger partial charge on any atom is 0.319 e. The third-order valence-corrected chi connectivity index (χ3v) is 6.14. The lowest BCUT2D eigenvalue weighted by atomic mass is 10.0. The van der Waals surface area contributed by atoms with Crippen molar-refractivity contribution in [2.24, 2.45) is 0 Å². The molecule has 2 aliphatic heterocycles. The van der Waals surface area contributed by atoms with Gasteiger partial charge in [-0.25, -0.2) is 13.6 Å². The summed E-state index contributed by atoms with van der Waals surface area (Å²) in [5, 5.41) is 25.3. The molecule has 4 N–H and O–H groups in total. The van der Waals surface area contributed by atoms with Crippen molar-refractivity contribution < 1.29 is 28.5 Å². The lowest BCUT2D eigenvalue weighted by molar-refractivity contribution is -0.0205. The van der Waals surface area contributed by atoms with Crippen molar-refractivity contribution in [1.29, 1.82) is 0 Å².